The zero-order valence-corrected chi connectivity index (χ0v) is 14.4. The van der Waals surface area contributed by atoms with Gasteiger partial charge in [-0.2, -0.15) is 0 Å². The highest BCUT2D eigenvalue weighted by atomic mass is 32.1. The Balaban J connectivity index is 1.70. The average molecular weight is 308 g/mol. The first-order valence-corrected chi connectivity index (χ1v) is 9.15. The van der Waals surface area contributed by atoms with Crippen LogP contribution in [0.5, 0.6) is 0 Å². The Hall–Kier alpha value is -0.650. The van der Waals surface area contributed by atoms with Gasteiger partial charge in [-0.15, -0.1) is 11.3 Å². The Kier molecular flexibility index (Phi) is 4.82. The van der Waals surface area contributed by atoms with Crippen molar-refractivity contribution in [1.82, 2.24) is 15.2 Å². The van der Waals surface area contributed by atoms with Gasteiger partial charge < -0.3 is 15.1 Å². The minimum atomic E-state index is 0.589. The summed E-state index contributed by atoms with van der Waals surface area (Å²) in [4.78, 5) is 11.4. The third-order valence-electron chi connectivity index (χ3n) is 4.68. The van der Waals surface area contributed by atoms with E-state index in [0.29, 0.717) is 6.04 Å². The molecule has 3 rings (SSSR count). The molecule has 1 aliphatic carbocycles. The van der Waals surface area contributed by atoms with E-state index in [1.165, 1.54) is 35.0 Å². The number of nitrogens with one attached hydrogen (secondary N) is 1. The van der Waals surface area contributed by atoms with Gasteiger partial charge in [0.15, 0.2) is 5.13 Å². The fraction of sp³-hybridized carbons (Fsp3) is 0.812. The van der Waals surface area contributed by atoms with Crippen molar-refractivity contribution in [3.8, 4) is 0 Å². The molecule has 2 aliphatic rings. The van der Waals surface area contributed by atoms with E-state index >= 15 is 0 Å². The average Bonchev–Trinajstić information content (AvgIpc) is 3.26. The molecule has 0 spiro atoms. The molecule has 1 unspecified atom stereocenters. The zero-order valence-electron chi connectivity index (χ0n) is 13.6. The number of hydrogen-bond acceptors (Lipinski definition) is 5. The van der Waals surface area contributed by atoms with Crippen LogP contribution in [0.3, 0.4) is 0 Å². The molecule has 0 bridgehead atoms. The van der Waals surface area contributed by atoms with Crippen molar-refractivity contribution in [2.45, 2.75) is 51.6 Å². The monoisotopic (exact) mass is 308 g/mol. The predicted molar refractivity (Wildman–Crippen MR) is 90.4 cm³/mol. The molecular weight excluding hydrogens is 280 g/mol. The standard InChI is InChI=1S/C16H28N4S/c1-4-12(2)17-11-14-15(13-5-6-13)18-16(21-14)20-9-7-19(3)8-10-20/h12-13,17H,4-11H2,1-3H3. The van der Waals surface area contributed by atoms with E-state index in [1.54, 1.807) is 0 Å². The molecule has 4 nitrogen and oxygen atoms in total. The van der Waals surface area contributed by atoms with Gasteiger partial charge in [-0.05, 0) is 33.2 Å². The second-order valence-corrected chi connectivity index (χ2v) is 7.62. The Morgan fingerprint density at radius 2 is 2.00 bits per heavy atom. The molecule has 0 amide bonds. The topological polar surface area (TPSA) is 31.4 Å². The van der Waals surface area contributed by atoms with Crippen molar-refractivity contribution in [3.63, 3.8) is 0 Å². The van der Waals surface area contributed by atoms with Gasteiger partial charge in [0, 0.05) is 49.6 Å². The molecule has 118 valence electrons. The molecule has 2 fully saturated rings. The summed E-state index contributed by atoms with van der Waals surface area (Å²) in [5, 5.41) is 4.89. The maximum absolute atomic E-state index is 5.01. The molecule has 21 heavy (non-hydrogen) atoms. The first kappa shape index (κ1) is 15.3. The van der Waals surface area contributed by atoms with Crippen molar-refractivity contribution >= 4 is 16.5 Å². The lowest BCUT2D eigenvalue weighted by atomic mass is 10.2. The second-order valence-electron chi connectivity index (χ2n) is 6.56. The van der Waals surface area contributed by atoms with Crippen LogP contribution in [0.2, 0.25) is 0 Å². The molecular formula is C16H28N4S. The number of piperazine rings is 1. The van der Waals surface area contributed by atoms with Crippen LogP contribution in [0.15, 0.2) is 0 Å². The number of thiazole rings is 1. The Labute approximate surface area is 132 Å². The van der Waals surface area contributed by atoms with Gasteiger partial charge in [-0.3, -0.25) is 0 Å². The predicted octanol–water partition coefficient (Wildman–Crippen LogP) is 2.66. The van der Waals surface area contributed by atoms with Crippen LogP contribution >= 0.6 is 11.3 Å². The van der Waals surface area contributed by atoms with E-state index in [-0.39, 0.29) is 0 Å². The summed E-state index contributed by atoms with van der Waals surface area (Å²) in [6, 6.07) is 0.589. The smallest absolute Gasteiger partial charge is 0.185 e. The first-order valence-electron chi connectivity index (χ1n) is 8.33. The molecule has 1 aliphatic heterocycles. The molecule has 0 aromatic carbocycles. The summed E-state index contributed by atoms with van der Waals surface area (Å²) in [5.41, 5.74) is 1.39. The van der Waals surface area contributed by atoms with Gasteiger partial charge >= 0.3 is 0 Å². The zero-order chi connectivity index (χ0) is 14.8. The molecule has 1 saturated carbocycles. The van der Waals surface area contributed by atoms with E-state index in [9.17, 15) is 0 Å². The summed E-state index contributed by atoms with van der Waals surface area (Å²) in [6.07, 6.45) is 3.85. The van der Waals surface area contributed by atoms with Crippen LogP contribution in [-0.4, -0.2) is 49.2 Å². The Morgan fingerprint density at radius 3 is 2.62 bits per heavy atom. The lowest BCUT2D eigenvalue weighted by Gasteiger charge is -2.32. The summed E-state index contributed by atoms with van der Waals surface area (Å²) in [5.74, 6) is 0.746. The molecule has 1 N–H and O–H groups in total. The van der Waals surface area contributed by atoms with E-state index < -0.39 is 0 Å². The van der Waals surface area contributed by atoms with E-state index in [0.717, 1.165) is 38.6 Å². The summed E-state index contributed by atoms with van der Waals surface area (Å²) < 4.78 is 0. The fourth-order valence-electron chi connectivity index (χ4n) is 2.70. The summed E-state index contributed by atoms with van der Waals surface area (Å²) in [7, 11) is 2.20. The van der Waals surface area contributed by atoms with Gasteiger partial charge in [-0.1, -0.05) is 6.92 Å². The highest BCUT2D eigenvalue weighted by Crippen LogP contribution is 2.44. The van der Waals surface area contributed by atoms with Gasteiger partial charge in [0.2, 0.25) is 0 Å². The van der Waals surface area contributed by atoms with Crippen molar-refractivity contribution < 1.29 is 0 Å². The number of nitrogens with zero attached hydrogens (tertiary/aromatic N) is 3. The van der Waals surface area contributed by atoms with E-state index in [4.69, 9.17) is 4.98 Å². The number of anilines is 1. The maximum atomic E-state index is 5.01. The largest absolute Gasteiger partial charge is 0.346 e. The maximum Gasteiger partial charge on any atom is 0.185 e. The number of rotatable bonds is 6. The summed E-state index contributed by atoms with van der Waals surface area (Å²) >= 11 is 1.92. The van der Waals surface area contributed by atoms with Crippen LogP contribution < -0.4 is 10.2 Å². The van der Waals surface area contributed by atoms with E-state index in [1.807, 2.05) is 11.3 Å². The Bertz CT molecular complexity index is 461. The number of likely N-dealkylation sites (N-methyl/N-ethyl adjacent to an activating group) is 1. The fourth-order valence-corrected chi connectivity index (χ4v) is 3.85. The minimum Gasteiger partial charge on any atom is -0.346 e. The van der Waals surface area contributed by atoms with E-state index in [2.05, 4.69) is 36.0 Å². The van der Waals surface area contributed by atoms with Gasteiger partial charge in [0.25, 0.3) is 0 Å². The van der Waals surface area contributed by atoms with Gasteiger partial charge in [0.05, 0.1) is 5.69 Å². The highest BCUT2D eigenvalue weighted by Gasteiger charge is 2.31. The minimum absolute atomic E-state index is 0.589. The second kappa shape index (κ2) is 6.63. The van der Waals surface area contributed by atoms with Crippen molar-refractivity contribution in [1.29, 1.82) is 0 Å². The lowest BCUT2D eigenvalue weighted by Crippen LogP contribution is -2.44. The lowest BCUT2D eigenvalue weighted by molar-refractivity contribution is 0.312. The molecule has 5 heteroatoms. The van der Waals surface area contributed by atoms with Crippen LogP contribution in [0.1, 0.15) is 49.6 Å². The van der Waals surface area contributed by atoms with Crippen molar-refractivity contribution in [2.24, 2.45) is 0 Å². The molecule has 1 aromatic heterocycles. The number of hydrogen-bond donors (Lipinski definition) is 1. The van der Waals surface area contributed by atoms with Gasteiger partial charge in [0.1, 0.15) is 0 Å². The summed E-state index contributed by atoms with van der Waals surface area (Å²) in [6.45, 7) is 10.0. The molecule has 1 aromatic rings. The van der Waals surface area contributed by atoms with Gasteiger partial charge in [-0.25, -0.2) is 4.98 Å². The third kappa shape index (κ3) is 3.76. The van der Waals surface area contributed by atoms with Crippen LogP contribution in [0.4, 0.5) is 5.13 Å². The quantitative estimate of drug-likeness (QED) is 0.875. The van der Waals surface area contributed by atoms with Crippen molar-refractivity contribution in [2.75, 3.05) is 38.1 Å². The third-order valence-corrected chi connectivity index (χ3v) is 5.81. The van der Waals surface area contributed by atoms with Crippen molar-refractivity contribution in [3.05, 3.63) is 10.6 Å². The number of aromatic nitrogens is 1. The Morgan fingerprint density at radius 1 is 1.29 bits per heavy atom. The van der Waals surface area contributed by atoms with Crippen LogP contribution in [-0.2, 0) is 6.54 Å². The molecule has 1 atom stereocenters. The highest BCUT2D eigenvalue weighted by molar-refractivity contribution is 7.15. The van der Waals surface area contributed by atoms with Crippen LogP contribution in [0.25, 0.3) is 0 Å². The molecule has 1 saturated heterocycles. The normalized spacial score (nSPS) is 21.8. The molecule has 2 heterocycles. The SMILES string of the molecule is CCC(C)NCc1sc(N2CCN(C)CC2)nc1C1CC1. The molecule has 0 radical (unpaired) electrons. The van der Waals surface area contributed by atoms with Crippen LogP contribution in [0, 0.1) is 0 Å². The first-order chi connectivity index (χ1) is 10.2.